The van der Waals surface area contributed by atoms with Crippen molar-refractivity contribution in [2.75, 3.05) is 6.54 Å². The van der Waals surface area contributed by atoms with Crippen LogP contribution in [0.2, 0.25) is 0 Å². The molecule has 2 aromatic heterocycles. The van der Waals surface area contributed by atoms with Crippen LogP contribution in [0.25, 0.3) is 11.1 Å². The van der Waals surface area contributed by atoms with Crippen molar-refractivity contribution < 1.29 is 14.0 Å². The van der Waals surface area contributed by atoms with E-state index in [1.165, 1.54) is 23.1 Å². The first-order valence-electron chi connectivity index (χ1n) is 9.12. The molecule has 4 rings (SSSR count). The summed E-state index contributed by atoms with van der Waals surface area (Å²) in [6.45, 7) is 2.66. The maximum absolute atomic E-state index is 12.4. The number of hydrogen-bond acceptors (Lipinski definition) is 7. The number of hydrogen-bond donors (Lipinski definition) is 2. The lowest BCUT2D eigenvalue weighted by Gasteiger charge is -2.14. The molecule has 9 heteroatoms. The number of amides is 2. The second kappa shape index (κ2) is 8.32. The van der Waals surface area contributed by atoms with Crippen LogP contribution in [0.5, 0.6) is 0 Å². The first kappa shape index (κ1) is 18.9. The smallest absolute Gasteiger partial charge is 0.271 e. The summed E-state index contributed by atoms with van der Waals surface area (Å²) in [5, 5.41) is 8.72. The zero-order valence-electron chi connectivity index (χ0n) is 15.4. The van der Waals surface area contributed by atoms with Gasteiger partial charge in [-0.1, -0.05) is 23.9 Å². The zero-order valence-corrected chi connectivity index (χ0v) is 17.0. The monoisotopic (exact) mass is 416 g/mol. The van der Waals surface area contributed by atoms with E-state index >= 15 is 0 Å². The molecule has 146 valence electrons. The van der Waals surface area contributed by atoms with E-state index in [-0.39, 0.29) is 11.8 Å². The SMILES string of the molecule is Cc1cccc2oc(SCc3nc(C(=O)NC4CCCCNC4=O)cs3)nc12. The van der Waals surface area contributed by atoms with E-state index < -0.39 is 6.04 Å². The van der Waals surface area contributed by atoms with E-state index in [2.05, 4.69) is 20.6 Å². The normalized spacial score (nSPS) is 17.3. The molecule has 1 aromatic carbocycles. The third kappa shape index (κ3) is 4.20. The quantitative estimate of drug-likeness (QED) is 0.620. The molecule has 1 saturated heterocycles. The highest BCUT2D eigenvalue weighted by Crippen LogP contribution is 2.28. The van der Waals surface area contributed by atoms with Crippen LogP contribution < -0.4 is 10.6 Å². The van der Waals surface area contributed by atoms with Gasteiger partial charge in [-0.25, -0.2) is 9.97 Å². The van der Waals surface area contributed by atoms with Crippen molar-refractivity contribution in [3.63, 3.8) is 0 Å². The highest BCUT2D eigenvalue weighted by atomic mass is 32.2. The summed E-state index contributed by atoms with van der Waals surface area (Å²) in [4.78, 5) is 33.3. The van der Waals surface area contributed by atoms with Crippen LogP contribution in [-0.2, 0) is 10.5 Å². The summed E-state index contributed by atoms with van der Waals surface area (Å²) >= 11 is 2.86. The summed E-state index contributed by atoms with van der Waals surface area (Å²) in [5.74, 6) is 0.128. The molecule has 1 fully saturated rings. The zero-order chi connectivity index (χ0) is 19.5. The second-order valence-electron chi connectivity index (χ2n) is 6.63. The molecule has 0 aliphatic carbocycles. The number of nitrogens with zero attached hydrogens (tertiary/aromatic N) is 2. The number of thiazole rings is 1. The van der Waals surface area contributed by atoms with Gasteiger partial charge < -0.3 is 15.1 Å². The number of fused-ring (bicyclic) bond motifs is 1. The predicted octanol–water partition coefficient (Wildman–Crippen LogP) is 3.28. The minimum Gasteiger partial charge on any atom is -0.431 e. The van der Waals surface area contributed by atoms with Crippen molar-refractivity contribution in [3.8, 4) is 0 Å². The van der Waals surface area contributed by atoms with Crippen LogP contribution in [-0.4, -0.2) is 34.4 Å². The van der Waals surface area contributed by atoms with Crippen molar-refractivity contribution in [2.45, 2.75) is 43.2 Å². The molecule has 0 radical (unpaired) electrons. The van der Waals surface area contributed by atoms with Crippen molar-refractivity contribution in [1.82, 2.24) is 20.6 Å². The Labute approximate surface area is 170 Å². The number of para-hydroxylation sites is 1. The Morgan fingerprint density at radius 3 is 3.14 bits per heavy atom. The van der Waals surface area contributed by atoms with Crippen LogP contribution in [0, 0.1) is 6.92 Å². The number of carbonyl (C=O) groups excluding carboxylic acids is 2. The van der Waals surface area contributed by atoms with E-state index in [9.17, 15) is 9.59 Å². The lowest BCUT2D eigenvalue weighted by Crippen LogP contribution is -2.45. The molecule has 1 unspecified atom stereocenters. The predicted molar refractivity (Wildman–Crippen MR) is 109 cm³/mol. The van der Waals surface area contributed by atoms with Crippen LogP contribution in [0.3, 0.4) is 0 Å². The minimum atomic E-state index is -0.488. The summed E-state index contributed by atoms with van der Waals surface area (Å²) in [5.41, 5.74) is 3.05. The Hall–Kier alpha value is -2.39. The molecule has 0 saturated carbocycles. The van der Waals surface area contributed by atoms with Gasteiger partial charge in [-0.15, -0.1) is 11.3 Å². The highest BCUT2D eigenvalue weighted by molar-refractivity contribution is 7.98. The average molecular weight is 417 g/mol. The van der Waals surface area contributed by atoms with Gasteiger partial charge in [0.2, 0.25) is 5.91 Å². The number of benzene rings is 1. The Morgan fingerprint density at radius 1 is 1.39 bits per heavy atom. The molecule has 3 heterocycles. The molecular weight excluding hydrogens is 396 g/mol. The van der Waals surface area contributed by atoms with Crippen molar-refractivity contribution in [3.05, 3.63) is 39.8 Å². The standard InChI is InChI=1S/C19H20N4O3S2/c1-11-5-4-7-14-16(11)23-19(26-14)28-10-15-21-13(9-27-15)18(25)22-12-6-2-3-8-20-17(12)24/h4-5,7,9,12H,2-3,6,8,10H2,1H3,(H,20,24)(H,22,25). The average Bonchev–Trinajstić information content (AvgIpc) is 3.27. The largest absolute Gasteiger partial charge is 0.431 e. The fourth-order valence-corrected chi connectivity index (χ4v) is 4.67. The van der Waals surface area contributed by atoms with Gasteiger partial charge in [0.05, 0.1) is 5.75 Å². The van der Waals surface area contributed by atoms with Gasteiger partial charge in [0.25, 0.3) is 11.1 Å². The minimum absolute atomic E-state index is 0.122. The number of aromatic nitrogens is 2. The lowest BCUT2D eigenvalue weighted by atomic mass is 10.1. The Bertz CT molecular complexity index is 1010. The fourth-order valence-electron chi connectivity index (χ4n) is 3.04. The number of carbonyl (C=O) groups is 2. The molecular formula is C19H20N4O3S2. The van der Waals surface area contributed by atoms with Crippen LogP contribution in [0.1, 0.15) is 40.3 Å². The highest BCUT2D eigenvalue weighted by Gasteiger charge is 2.24. The maximum atomic E-state index is 12.4. The van der Waals surface area contributed by atoms with Gasteiger partial charge in [-0.05, 0) is 37.8 Å². The molecule has 2 amide bonds. The first-order valence-corrected chi connectivity index (χ1v) is 11.0. The van der Waals surface area contributed by atoms with Gasteiger partial charge in [-0.3, -0.25) is 9.59 Å². The molecule has 0 bridgehead atoms. The van der Waals surface area contributed by atoms with Gasteiger partial charge in [0.15, 0.2) is 5.58 Å². The Kier molecular flexibility index (Phi) is 5.63. The van der Waals surface area contributed by atoms with E-state index in [0.29, 0.717) is 29.6 Å². The Morgan fingerprint density at radius 2 is 2.29 bits per heavy atom. The van der Waals surface area contributed by atoms with E-state index in [1.54, 1.807) is 5.38 Å². The molecule has 0 spiro atoms. The summed E-state index contributed by atoms with van der Waals surface area (Å²) in [7, 11) is 0. The molecule has 3 aromatic rings. The maximum Gasteiger partial charge on any atom is 0.271 e. The molecule has 28 heavy (non-hydrogen) atoms. The van der Waals surface area contributed by atoms with Gasteiger partial charge in [0, 0.05) is 11.9 Å². The summed E-state index contributed by atoms with van der Waals surface area (Å²) < 4.78 is 5.75. The van der Waals surface area contributed by atoms with Gasteiger partial charge >= 0.3 is 0 Å². The molecule has 1 atom stereocenters. The van der Waals surface area contributed by atoms with Crippen molar-refractivity contribution in [1.29, 1.82) is 0 Å². The molecule has 2 N–H and O–H groups in total. The summed E-state index contributed by atoms with van der Waals surface area (Å²) in [6, 6.07) is 5.35. The third-order valence-corrected chi connectivity index (χ3v) is 6.42. The second-order valence-corrected chi connectivity index (χ2v) is 8.50. The van der Waals surface area contributed by atoms with Crippen molar-refractivity contribution >= 4 is 46.0 Å². The van der Waals surface area contributed by atoms with Crippen LogP contribution in [0.4, 0.5) is 0 Å². The van der Waals surface area contributed by atoms with Crippen molar-refractivity contribution in [2.24, 2.45) is 0 Å². The van der Waals surface area contributed by atoms with E-state index in [4.69, 9.17) is 4.42 Å². The number of rotatable bonds is 5. The molecule has 1 aliphatic rings. The number of oxazole rings is 1. The molecule has 7 nitrogen and oxygen atoms in total. The number of thioether (sulfide) groups is 1. The van der Waals surface area contributed by atoms with Crippen LogP contribution in [0.15, 0.2) is 33.2 Å². The lowest BCUT2D eigenvalue weighted by molar-refractivity contribution is -0.122. The molecule has 1 aliphatic heterocycles. The van der Waals surface area contributed by atoms with Gasteiger partial charge in [-0.2, -0.15) is 0 Å². The Balaban J connectivity index is 1.37. The van der Waals surface area contributed by atoms with Gasteiger partial charge in [0.1, 0.15) is 22.3 Å². The van der Waals surface area contributed by atoms with Crippen LogP contribution >= 0.6 is 23.1 Å². The fraction of sp³-hybridized carbons (Fsp3) is 0.368. The first-order chi connectivity index (χ1) is 13.6. The number of aryl methyl sites for hydroxylation is 1. The number of nitrogens with one attached hydrogen (secondary N) is 2. The van der Waals surface area contributed by atoms with E-state index in [1.807, 2.05) is 25.1 Å². The summed E-state index contributed by atoms with van der Waals surface area (Å²) in [6.07, 6.45) is 2.50. The third-order valence-electron chi connectivity index (χ3n) is 4.55. The topological polar surface area (TPSA) is 97.1 Å². The van der Waals surface area contributed by atoms with E-state index in [0.717, 1.165) is 34.5 Å².